The molecule has 1 aliphatic heterocycles. The summed E-state index contributed by atoms with van der Waals surface area (Å²) in [5, 5.41) is 12.8. The van der Waals surface area contributed by atoms with E-state index in [0.29, 0.717) is 19.6 Å². The van der Waals surface area contributed by atoms with Gasteiger partial charge < -0.3 is 19.9 Å². The Morgan fingerprint density at radius 1 is 1.56 bits per heavy atom. The van der Waals surface area contributed by atoms with E-state index < -0.39 is 0 Å². The zero-order chi connectivity index (χ0) is 11.6. The van der Waals surface area contributed by atoms with Crippen molar-refractivity contribution in [1.29, 1.82) is 0 Å². The summed E-state index contributed by atoms with van der Waals surface area (Å²) >= 11 is 0. The van der Waals surface area contributed by atoms with Crippen LogP contribution in [0.2, 0.25) is 0 Å². The molecule has 2 aliphatic rings. The van der Waals surface area contributed by atoms with Gasteiger partial charge in [-0.2, -0.15) is 0 Å². The number of aliphatic hydroxyl groups excluding tert-OH is 1. The minimum atomic E-state index is -0.302. The first-order chi connectivity index (χ1) is 7.69. The summed E-state index contributed by atoms with van der Waals surface area (Å²) < 4.78 is 10.1. The van der Waals surface area contributed by atoms with Gasteiger partial charge in [0.25, 0.3) is 0 Å². The molecule has 1 heterocycles. The third kappa shape index (κ3) is 1.95. The summed E-state index contributed by atoms with van der Waals surface area (Å²) in [4.78, 5) is 11.4. The number of amides is 1. The van der Waals surface area contributed by atoms with E-state index in [4.69, 9.17) is 9.47 Å². The molecule has 2 N–H and O–H groups in total. The van der Waals surface area contributed by atoms with Gasteiger partial charge in [-0.25, -0.2) is 0 Å². The quantitative estimate of drug-likeness (QED) is 0.696. The summed E-state index contributed by atoms with van der Waals surface area (Å²) in [6.07, 6.45) is 2.00. The van der Waals surface area contributed by atoms with E-state index >= 15 is 0 Å². The second kappa shape index (κ2) is 4.69. The van der Waals surface area contributed by atoms with Gasteiger partial charge in [0, 0.05) is 31.8 Å². The Morgan fingerprint density at radius 2 is 2.25 bits per heavy atom. The van der Waals surface area contributed by atoms with Crippen molar-refractivity contribution in [1.82, 2.24) is 5.32 Å². The second-order valence-electron chi connectivity index (χ2n) is 4.65. The van der Waals surface area contributed by atoms with Crippen LogP contribution < -0.4 is 5.32 Å². The van der Waals surface area contributed by atoms with E-state index in [-0.39, 0.29) is 30.1 Å². The van der Waals surface area contributed by atoms with Crippen molar-refractivity contribution in [3.63, 3.8) is 0 Å². The van der Waals surface area contributed by atoms with Gasteiger partial charge in [-0.1, -0.05) is 0 Å². The number of nitrogens with one attached hydrogen (secondary N) is 1. The van der Waals surface area contributed by atoms with E-state index in [1.807, 2.05) is 0 Å². The topological polar surface area (TPSA) is 67.8 Å². The predicted molar refractivity (Wildman–Crippen MR) is 56.9 cm³/mol. The monoisotopic (exact) mass is 229 g/mol. The molecule has 1 amide bonds. The van der Waals surface area contributed by atoms with Crippen LogP contribution in [-0.4, -0.2) is 50.1 Å². The van der Waals surface area contributed by atoms with Crippen LogP contribution in [0, 0.1) is 5.41 Å². The number of carbonyl (C=O) groups is 1. The minimum absolute atomic E-state index is 0.0778. The highest BCUT2D eigenvalue weighted by atomic mass is 16.5. The van der Waals surface area contributed by atoms with Gasteiger partial charge in [0.05, 0.1) is 6.10 Å². The lowest BCUT2D eigenvalue weighted by molar-refractivity contribution is -0.157. The predicted octanol–water partition coefficient (Wildman–Crippen LogP) is -0.321. The number of aliphatic hydroxyl groups is 1. The Morgan fingerprint density at radius 3 is 2.81 bits per heavy atom. The van der Waals surface area contributed by atoms with Gasteiger partial charge in [-0.3, -0.25) is 4.79 Å². The third-order valence-electron chi connectivity index (χ3n) is 3.85. The maximum atomic E-state index is 11.4. The minimum Gasteiger partial charge on any atom is -0.392 e. The van der Waals surface area contributed by atoms with Gasteiger partial charge in [0.1, 0.15) is 6.61 Å². The molecule has 5 heteroatoms. The first kappa shape index (κ1) is 11.8. The first-order valence-electron chi connectivity index (χ1n) is 5.73. The van der Waals surface area contributed by atoms with Gasteiger partial charge in [0.15, 0.2) is 0 Å². The van der Waals surface area contributed by atoms with Crippen LogP contribution in [0.15, 0.2) is 0 Å². The smallest absolute Gasteiger partial charge is 0.246 e. The molecule has 2 rings (SSSR count). The number of hydrogen-bond acceptors (Lipinski definition) is 4. The Kier molecular flexibility index (Phi) is 3.47. The molecule has 0 aromatic rings. The fraction of sp³-hybridized carbons (Fsp3) is 0.909. The average Bonchev–Trinajstić information content (AvgIpc) is 2.30. The molecule has 0 unspecified atom stereocenters. The fourth-order valence-electron chi connectivity index (χ4n) is 2.77. The zero-order valence-electron chi connectivity index (χ0n) is 9.57. The zero-order valence-corrected chi connectivity index (χ0v) is 9.57. The first-order valence-corrected chi connectivity index (χ1v) is 5.73. The van der Waals surface area contributed by atoms with E-state index in [0.717, 1.165) is 12.8 Å². The summed E-state index contributed by atoms with van der Waals surface area (Å²) in [5.41, 5.74) is -0.151. The molecule has 1 saturated carbocycles. The number of methoxy groups -OCH3 is 1. The van der Waals surface area contributed by atoms with Crippen LogP contribution in [0.3, 0.4) is 0 Å². The van der Waals surface area contributed by atoms with Gasteiger partial charge in [0.2, 0.25) is 5.91 Å². The summed E-state index contributed by atoms with van der Waals surface area (Å²) in [7, 11) is 1.50. The number of hydrogen-bond donors (Lipinski definition) is 2. The lowest BCUT2D eigenvalue weighted by atomic mass is 9.58. The van der Waals surface area contributed by atoms with Crippen molar-refractivity contribution in [3.8, 4) is 0 Å². The summed E-state index contributed by atoms with van der Waals surface area (Å²) in [6, 6.07) is 0.0778. The fourth-order valence-corrected chi connectivity index (χ4v) is 2.77. The second-order valence-corrected chi connectivity index (χ2v) is 4.65. The summed E-state index contributed by atoms with van der Waals surface area (Å²) in [6.45, 7) is 1.43. The molecule has 0 aromatic heterocycles. The molecule has 16 heavy (non-hydrogen) atoms. The SMILES string of the molecule is COCC(=O)N[C@@H]1C[C@@H](O)C12CCOCC2. The van der Waals surface area contributed by atoms with Crippen molar-refractivity contribution in [2.24, 2.45) is 5.41 Å². The largest absolute Gasteiger partial charge is 0.392 e. The van der Waals surface area contributed by atoms with Gasteiger partial charge >= 0.3 is 0 Å². The van der Waals surface area contributed by atoms with Crippen LogP contribution in [0.1, 0.15) is 19.3 Å². The third-order valence-corrected chi connectivity index (χ3v) is 3.85. The number of rotatable bonds is 3. The molecule has 2 fully saturated rings. The van der Waals surface area contributed by atoms with Crippen molar-refractivity contribution in [3.05, 3.63) is 0 Å². The maximum Gasteiger partial charge on any atom is 0.246 e. The highest BCUT2D eigenvalue weighted by Crippen LogP contribution is 2.48. The van der Waals surface area contributed by atoms with Gasteiger partial charge in [-0.05, 0) is 19.3 Å². The Bertz CT molecular complexity index is 263. The number of ether oxygens (including phenoxy) is 2. The van der Waals surface area contributed by atoms with E-state index in [2.05, 4.69) is 5.32 Å². The Balaban J connectivity index is 1.93. The molecule has 0 radical (unpaired) electrons. The molecular weight excluding hydrogens is 210 g/mol. The van der Waals surface area contributed by atoms with Crippen molar-refractivity contribution in [2.45, 2.75) is 31.4 Å². The summed E-state index contributed by atoms with van der Waals surface area (Å²) in [5.74, 6) is -0.106. The van der Waals surface area contributed by atoms with Crippen LogP contribution >= 0.6 is 0 Å². The van der Waals surface area contributed by atoms with Crippen LogP contribution in [0.4, 0.5) is 0 Å². The molecule has 0 bridgehead atoms. The molecule has 0 aromatic carbocycles. The Labute approximate surface area is 95.1 Å². The van der Waals surface area contributed by atoms with E-state index in [1.54, 1.807) is 0 Å². The highest BCUT2D eigenvalue weighted by Gasteiger charge is 2.55. The molecule has 5 nitrogen and oxygen atoms in total. The standard InChI is InChI=1S/C11H19NO4/c1-15-7-10(14)12-8-6-9(13)11(8)2-4-16-5-3-11/h8-9,13H,2-7H2,1H3,(H,12,14)/t8-,9-/m1/s1. The molecule has 92 valence electrons. The Hall–Kier alpha value is -0.650. The molecule has 1 aliphatic carbocycles. The highest BCUT2D eigenvalue weighted by molar-refractivity contribution is 5.77. The number of carbonyl (C=O) groups excluding carboxylic acids is 1. The lowest BCUT2D eigenvalue weighted by Gasteiger charge is -2.55. The molecule has 1 saturated heterocycles. The molecular formula is C11H19NO4. The van der Waals surface area contributed by atoms with Crippen molar-refractivity contribution >= 4 is 5.91 Å². The van der Waals surface area contributed by atoms with Crippen molar-refractivity contribution in [2.75, 3.05) is 26.9 Å². The maximum absolute atomic E-state index is 11.4. The normalized spacial score (nSPS) is 32.1. The van der Waals surface area contributed by atoms with E-state index in [1.165, 1.54) is 7.11 Å². The van der Waals surface area contributed by atoms with Crippen LogP contribution in [0.5, 0.6) is 0 Å². The van der Waals surface area contributed by atoms with Crippen LogP contribution in [0.25, 0.3) is 0 Å². The average molecular weight is 229 g/mol. The molecule has 1 spiro atoms. The van der Waals surface area contributed by atoms with Gasteiger partial charge in [-0.15, -0.1) is 0 Å². The molecule has 2 atom stereocenters. The van der Waals surface area contributed by atoms with Crippen molar-refractivity contribution < 1.29 is 19.4 Å². The van der Waals surface area contributed by atoms with Crippen LogP contribution in [-0.2, 0) is 14.3 Å². The lowest BCUT2D eigenvalue weighted by Crippen LogP contribution is -2.66. The van der Waals surface area contributed by atoms with E-state index in [9.17, 15) is 9.90 Å².